The zero-order valence-corrected chi connectivity index (χ0v) is 12.3. The average Bonchev–Trinajstić information content (AvgIpc) is 2.34. The largest absolute Gasteiger partial charge is 0.383 e. The summed E-state index contributed by atoms with van der Waals surface area (Å²) in [7, 11) is 1.73. The molecule has 0 aromatic rings. The lowest BCUT2D eigenvalue weighted by molar-refractivity contribution is 0.156. The summed E-state index contributed by atoms with van der Waals surface area (Å²) in [6.07, 6.45) is 4.02. The molecule has 0 radical (unpaired) electrons. The first-order chi connectivity index (χ1) is 8.10. The van der Waals surface area contributed by atoms with Gasteiger partial charge in [0.15, 0.2) is 0 Å². The van der Waals surface area contributed by atoms with Crippen LogP contribution in [-0.2, 0) is 4.74 Å². The van der Waals surface area contributed by atoms with Gasteiger partial charge < -0.3 is 4.74 Å². The van der Waals surface area contributed by atoms with E-state index in [-0.39, 0.29) is 0 Å². The van der Waals surface area contributed by atoms with Crippen LogP contribution in [-0.4, -0.2) is 38.3 Å². The van der Waals surface area contributed by atoms with Gasteiger partial charge in [0.25, 0.3) is 0 Å². The van der Waals surface area contributed by atoms with E-state index in [4.69, 9.17) is 4.74 Å². The van der Waals surface area contributed by atoms with E-state index in [0.29, 0.717) is 0 Å². The van der Waals surface area contributed by atoms with Gasteiger partial charge in [-0.15, -0.1) is 0 Å². The number of hydrogen-bond donors (Lipinski definition) is 0. The van der Waals surface area contributed by atoms with E-state index in [1.807, 2.05) is 32.9 Å². The van der Waals surface area contributed by atoms with Crippen molar-refractivity contribution in [2.45, 2.75) is 27.7 Å². The van der Waals surface area contributed by atoms with E-state index in [1.54, 1.807) is 7.11 Å². The van der Waals surface area contributed by atoms with E-state index in [2.05, 4.69) is 25.0 Å². The Bertz CT molecular complexity index is 231. The summed E-state index contributed by atoms with van der Waals surface area (Å²) in [6, 6.07) is 0. The van der Waals surface area contributed by atoms with Crippen molar-refractivity contribution in [3.8, 4) is 0 Å². The summed E-state index contributed by atoms with van der Waals surface area (Å²) in [5, 5.41) is 0. The second kappa shape index (κ2) is 13.2. The third kappa shape index (κ3) is 13.1. The first kappa shape index (κ1) is 18.5. The highest BCUT2D eigenvalue weighted by molar-refractivity contribution is 5.23. The molecule has 0 aliphatic carbocycles. The fraction of sp³-hybridized carbons (Fsp3) is 0.600. The van der Waals surface area contributed by atoms with E-state index in [9.17, 15) is 0 Å². The van der Waals surface area contributed by atoms with Gasteiger partial charge in [-0.1, -0.05) is 51.7 Å². The molecule has 0 bridgehead atoms. The molecule has 0 unspecified atom stereocenters. The van der Waals surface area contributed by atoms with Gasteiger partial charge in [0.05, 0.1) is 6.61 Å². The molecule has 0 aliphatic heterocycles. The molecule has 2 heteroatoms. The SMILES string of the molecule is C=C(C)/C=C\C(=C)CN(CC)CCOC.CC. The molecule has 100 valence electrons. The summed E-state index contributed by atoms with van der Waals surface area (Å²) in [6.45, 7) is 19.6. The predicted octanol–water partition coefficient (Wildman–Crippen LogP) is 3.67. The minimum atomic E-state index is 0.769. The summed E-state index contributed by atoms with van der Waals surface area (Å²) in [4.78, 5) is 2.30. The van der Waals surface area contributed by atoms with Crippen LogP contribution in [0.25, 0.3) is 0 Å². The molecule has 2 nitrogen and oxygen atoms in total. The molecule has 0 aromatic heterocycles. The highest BCUT2D eigenvalue weighted by Crippen LogP contribution is 2.01. The molecule has 17 heavy (non-hydrogen) atoms. The fourth-order valence-corrected chi connectivity index (χ4v) is 1.17. The lowest BCUT2D eigenvalue weighted by atomic mass is 10.2. The second-order valence-electron chi connectivity index (χ2n) is 3.70. The molecule has 0 fully saturated rings. The fourth-order valence-electron chi connectivity index (χ4n) is 1.17. The standard InChI is InChI=1S/C13H23NO.C2H6/c1-6-14(9-10-15-5)11-13(4)8-7-12(2)3;1-2/h7-8H,2,4,6,9-11H2,1,3,5H3;1-2H3/b8-7-;. The van der Waals surface area contributed by atoms with Gasteiger partial charge in [0.2, 0.25) is 0 Å². The van der Waals surface area contributed by atoms with Crippen molar-refractivity contribution in [2.24, 2.45) is 0 Å². The number of hydrogen-bond acceptors (Lipinski definition) is 2. The van der Waals surface area contributed by atoms with Crippen LogP contribution in [0.15, 0.2) is 36.5 Å². The van der Waals surface area contributed by atoms with Gasteiger partial charge in [-0.25, -0.2) is 0 Å². The van der Waals surface area contributed by atoms with Crippen LogP contribution in [0, 0.1) is 0 Å². The Kier molecular flexibility index (Phi) is 14.4. The molecule has 0 heterocycles. The molecular formula is C15H29NO. The molecule has 0 aliphatic rings. The summed E-state index contributed by atoms with van der Waals surface area (Å²) < 4.78 is 5.05. The lowest BCUT2D eigenvalue weighted by Crippen LogP contribution is -2.28. The first-order valence-electron chi connectivity index (χ1n) is 6.32. The van der Waals surface area contributed by atoms with Gasteiger partial charge in [-0.05, 0) is 19.0 Å². The summed E-state index contributed by atoms with van der Waals surface area (Å²) in [5.41, 5.74) is 2.16. The lowest BCUT2D eigenvalue weighted by Gasteiger charge is -2.19. The van der Waals surface area contributed by atoms with Crippen LogP contribution in [0.5, 0.6) is 0 Å². The third-order valence-corrected chi connectivity index (χ3v) is 2.09. The second-order valence-corrected chi connectivity index (χ2v) is 3.70. The predicted molar refractivity (Wildman–Crippen MR) is 78.4 cm³/mol. The highest BCUT2D eigenvalue weighted by Gasteiger charge is 2.01. The van der Waals surface area contributed by atoms with Gasteiger partial charge >= 0.3 is 0 Å². The molecule has 0 N–H and O–H groups in total. The van der Waals surface area contributed by atoms with E-state index >= 15 is 0 Å². The maximum absolute atomic E-state index is 5.05. The normalized spacial score (nSPS) is 10.2. The van der Waals surface area contributed by atoms with Crippen molar-refractivity contribution < 1.29 is 4.74 Å². The minimum Gasteiger partial charge on any atom is -0.383 e. The Labute approximate surface area is 108 Å². The zero-order chi connectivity index (χ0) is 13.7. The topological polar surface area (TPSA) is 12.5 Å². The number of allylic oxidation sites excluding steroid dienone is 2. The average molecular weight is 239 g/mol. The van der Waals surface area contributed by atoms with Crippen LogP contribution < -0.4 is 0 Å². The number of likely N-dealkylation sites (N-methyl/N-ethyl adjacent to an activating group) is 1. The van der Waals surface area contributed by atoms with Gasteiger partial charge in [0.1, 0.15) is 0 Å². The third-order valence-electron chi connectivity index (χ3n) is 2.09. The van der Waals surface area contributed by atoms with Crippen molar-refractivity contribution in [2.75, 3.05) is 33.4 Å². The number of ether oxygens (including phenoxy) is 1. The number of methoxy groups -OCH3 is 1. The van der Waals surface area contributed by atoms with Crippen molar-refractivity contribution >= 4 is 0 Å². The Balaban J connectivity index is 0. The maximum Gasteiger partial charge on any atom is 0.0589 e. The highest BCUT2D eigenvalue weighted by atomic mass is 16.5. The van der Waals surface area contributed by atoms with Crippen LogP contribution in [0.3, 0.4) is 0 Å². The monoisotopic (exact) mass is 239 g/mol. The van der Waals surface area contributed by atoms with Crippen LogP contribution in [0.1, 0.15) is 27.7 Å². The van der Waals surface area contributed by atoms with Crippen molar-refractivity contribution in [3.63, 3.8) is 0 Å². The van der Waals surface area contributed by atoms with Crippen molar-refractivity contribution in [3.05, 3.63) is 36.5 Å². The van der Waals surface area contributed by atoms with Gasteiger partial charge in [-0.3, -0.25) is 4.90 Å². The van der Waals surface area contributed by atoms with E-state index in [0.717, 1.165) is 37.4 Å². The number of nitrogens with zero attached hydrogens (tertiary/aromatic N) is 1. The smallest absolute Gasteiger partial charge is 0.0589 e. The Morgan fingerprint density at radius 1 is 1.24 bits per heavy atom. The Hall–Kier alpha value is -0.860. The minimum absolute atomic E-state index is 0.769. The zero-order valence-electron chi connectivity index (χ0n) is 12.3. The van der Waals surface area contributed by atoms with Crippen molar-refractivity contribution in [1.82, 2.24) is 4.90 Å². The number of rotatable bonds is 8. The van der Waals surface area contributed by atoms with E-state index in [1.165, 1.54) is 0 Å². The quantitative estimate of drug-likeness (QED) is 0.599. The van der Waals surface area contributed by atoms with Gasteiger partial charge in [-0.2, -0.15) is 0 Å². The Morgan fingerprint density at radius 2 is 1.82 bits per heavy atom. The van der Waals surface area contributed by atoms with Crippen LogP contribution in [0.4, 0.5) is 0 Å². The van der Waals surface area contributed by atoms with Crippen LogP contribution in [0.2, 0.25) is 0 Å². The maximum atomic E-state index is 5.05. The molecule has 0 aromatic carbocycles. The Morgan fingerprint density at radius 3 is 2.24 bits per heavy atom. The molecule has 0 saturated heterocycles. The summed E-state index contributed by atoms with van der Waals surface area (Å²) in [5.74, 6) is 0. The molecular weight excluding hydrogens is 210 g/mol. The van der Waals surface area contributed by atoms with Crippen molar-refractivity contribution in [1.29, 1.82) is 0 Å². The molecule has 0 rings (SSSR count). The molecule has 0 amide bonds. The molecule has 0 spiro atoms. The van der Waals surface area contributed by atoms with Crippen LogP contribution >= 0.6 is 0 Å². The first-order valence-corrected chi connectivity index (χ1v) is 6.32. The van der Waals surface area contributed by atoms with E-state index < -0.39 is 0 Å². The van der Waals surface area contributed by atoms with Gasteiger partial charge in [0, 0.05) is 20.2 Å². The molecule has 0 atom stereocenters. The summed E-state index contributed by atoms with van der Waals surface area (Å²) >= 11 is 0. The molecule has 0 saturated carbocycles.